The average Bonchev–Trinajstić information content (AvgIpc) is 3.27. The van der Waals surface area contributed by atoms with Crippen molar-refractivity contribution in [1.29, 1.82) is 0 Å². The third kappa shape index (κ3) is 6.44. The zero-order valence-corrected chi connectivity index (χ0v) is 21.5. The van der Waals surface area contributed by atoms with Crippen LogP contribution < -0.4 is 15.0 Å². The van der Waals surface area contributed by atoms with E-state index in [0.29, 0.717) is 11.6 Å². The minimum Gasteiger partial charge on any atom is -0.480 e. The molecule has 194 valence electrons. The maximum Gasteiger partial charge on any atom is 0.341 e. The van der Waals surface area contributed by atoms with Gasteiger partial charge in [0, 0.05) is 50.7 Å². The smallest absolute Gasteiger partial charge is 0.341 e. The third-order valence-corrected chi connectivity index (χ3v) is 6.55. The number of benzene rings is 1. The monoisotopic (exact) mass is 495 g/mol. The number of rotatable bonds is 12. The van der Waals surface area contributed by atoms with Gasteiger partial charge in [-0.1, -0.05) is 19.8 Å². The average molecular weight is 496 g/mol. The number of nitrogens with one attached hydrogen (secondary N) is 2. The molecule has 1 saturated heterocycles. The van der Waals surface area contributed by atoms with E-state index in [9.17, 15) is 9.90 Å². The summed E-state index contributed by atoms with van der Waals surface area (Å²) in [5, 5.41) is 13.6. The van der Waals surface area contributed by atoms with Gasteiger partial charge >= 0.3 is 5.97 Å². The standard InChI is InChI=1S/C26H37N7O3/c1-4-5-6-9-32(3)16-19-15-27-25-24(19)26(29-18-28-25)30-20-7-8-21(22(14-20)36-17-23(34)35)33-12-10-31(2)11-13-33/h7-8,14-15,18H,4-6,9-13,16-17H2,1-3H3,(H,34,35)(H2,27,28,29,30). The summed E-state index contributed by atoms with van der Waals surface area (Å²) >= 11 is 0. The number of aromatic amines is 1. The second kappa shape index (κ2) is 12.0. The van der Waals surface area contributed by atoms with E-state index in [1.54, 1.807) is 0 Å². The van der Waals surface area contributed by atoms with Crippen molar-refractivity contribution in [2.75, 3.05) is 63.6 Å². The topological polar surface area (TPSA) is 110 Å². The first-order chi connectivity index (χ1) is 17.4. The quantitative estimate of drug-likeness (QED) is 0.325. The summed E-state index contributed by atoms with van der Waals surface area (Å²) in [5.74, 6) is 0.243. The van der Waals surface area contributed by atoms with Crippen LogP contribution in [0.5, 0.6) is 5.75 Å². The number of hydrogen-bond acceptors (Lipinski definition) is 8. The van der Waals surface area contributed by atoms with Crippen LogP contribution in [-0.4, -0.2) is 89.3 Å². The molecule has 10 heteroatoms. The van der Waals surface area contributed by atoms with Crippen molar-refractivity contribution in [2.45, 2.75) is 32.7 Å². The van der Waals surface area contributed by atoms with Gasteiger partial charge in [0.1, 0.15) is 23.5 Å². The Bertz CT molecular complexity index is 1160. The second-order valence-electron chi connectivity index (χ2n) is 9.48. The number of carboxylic acid groups (broad SMARTS) is 1. The number of carbonyl (C=O) groups is 1. The van der Waals surface area contributed by atoms with Gasteiger partial charge in [0.2, 0.25) is 0 Å². The molecule has 1 fully saturated rings. The summed E-state index contributed by atoms with van der Waals surface area (Å²) in [6.45, 7) is 7.26. The Morgan fingerprint density at radius 1 is 1.22 bits per heavy atom. The number of unbranched alkanes of at least 4 members (excludes halogenated alkanes) is 2. The van der Waals surface area contributed by atoms with E-state index in [2.05, 4.69) is 56.0 Å². The van der Waals surface area contributed by atoms with Gasteiger partial charge in [-0.2, -0.15) is 0 Å². The minimum absolute atomic E-state index is 0.395. The zero-order valence-electron chi connectivity index (χ0n) is 21.5. The SMILES string of the molecule is CCCCCN(C)Cc1c[nH]c2ncnc(Nc3ccc(N4CCN(C)CC4)c(OCC(=O)O)c3)c12. The molecule has 4 rings (SSSR count). The fraction of sp³-hybridized carbons (Fsp3) is 0.500. The minimum atomic E-state index is -1.00. The van der Waals surface area contributed by atoms with Crippen LogP contribution in [0.25, 0.3) is 11.0 Å². The van der Waals surface area contributed by atoms with Crippen LogP contribution in [0, 0.1) is 0 Å². The summed E-state index contributed by atoms with van der Waals surface area (Å²) < 4.78 is 5.71. The van der Waals surface area contributed by atoms with Crippen LogP contribution in [0.15, 0.2) is 30.7 Å². The van der Waals surface area contributed by atoms with Crippen LogP contribution in [-0.2, 0) is 11.3 Å². The van der Waals surface area contributed by atoms with E-state index in [4.69, 9.17) is 4.74 Å². The van der Waals surface area contributed by atoms with E-state index >= 15 is 0 Å². The van der Waals surface area contributed by atoms with Crippen molar-refractivity contribution in [2.24, 2.45) is 0 Å². The lowest BCUT2D eigenvalue weighted by molar-refractivity contribution is -0.139. The van der Waals surface area contributed by atoms with Crippen molar-refractivity contribution in [3.63, 3.8) is 0 Å². The highest BCUT2D eigenvalue weighted by atomic mass is 16.5. The van der Waals surface area contributed by atoms with Crippen molar-refractivity contribution in [1.82, 2.24) is 24.8 Å². The molecule has 10 nitrogen and oxygen atoms in total. The number of ether oxygens (including phenoxy) is 1. The molecule has 0 spiro atoms. The first kappa shape index (κ1) is 25.7. The Labute approximate surface area is 212 Å². The van der Waals surface area contributed by atoms with Gasteiger partial charge in [-0.25, -0.2) is 14.8 Å². The normalized spacial score (nSPS) is 14.5. The molecule has 1 aromatic carbocycles. The molecule has 0 bridgehead atoms. The lowest BCUT2D eigenvalue weighted by Gasteiger charge is -2.35. The maximum absolute atomic E-state index is 11.2. The summed E-state index contributed by atoms with van der Waals surface area (Å²) in [4.78, 5) is 30.3. The van der Waals surface area contributed by atoms with Crippen LogP contribution in [0.4, 0.5) is 17.2 Å². The number of carboxylic acids is 1. The predicted octanol–water partition coefficient (Wildman–Crippen LogP) is 3.54. The number of H-pyrrole nitrogens is 1. The fourth-order valence-electron chi connectivity index (χ4n) is 4.54. The summed E-state index contributed by atoms with van der Waals surface area (Å²) in [6, 6.07) is 5.83. The van der Waals surface area contributed by atoms with Gasteiger partial charge in [0.05, 0.1) is 11.1 Å². The number of anilines is 3. The van der Waals surface area contributed by atoms with Gasteiger partial charge < -0.3 is 34.8 Å². The Morgan fingerprint density at radius 2 is 2.03 bits per heavy atom. The maximum atomic E-state index is 11.2. The molecule has 3 aromatic rings. The number of aliphatic carboxylic acids is 1. The van der Waals surface area contributed by atoms with Crippen LogP contribution in [0.1, 0.15) is 31.7 Å². The van der Waals surface area contributed by atoms with E-state index in [0.717, 1.165) is 67.2 Å². The molecule has 0 atom stereocenters. The lowest BCUT2D eigenvalue weighted by Crippen LogP contribution is -2.44. The molecule has 3 N–H and O–H groups in total. The molecule has 0 unspecified atom stereocenters. The molecule has 2 aromatic heterocycles. The van der Waals surface area contributed by atoms with Gasteiger partial charge in [-0.15, -0.1) is 0 Å². The van der Waals surface area contributed by atoms with E-state index in [-0.39, 0.29) is 0 Å². The molecule has 1 aliphatic rings. The second-order valence-corrected chi connectivity index (χ2v) is 9.48. The Hall–Kier alpha value is -3.37. The van der Waals surface area contributed by atoms with Crippen molar-refractivity contribution in [3.8, 4) is 5.75 Å². The Morgan fingerprint density at radius 3 is 2.78 bits per heavy atom. The molecule has 1 aliphatic heterocycles. The molecule has 36 heavy (non-hydrogen) atoms. The van der Waals surface area contributed by atoms with Gasteiger partial charge in [-0.05, 0) is 44.8 Å². The molecule has 0 aliphatic carbocycles. The first-order valence-corrected chi connectivity index (χ1v) is 12.6. The lowest BCUT2D eigenvalue weighted by atomic mass is 10.2. The third-order valence-electron chi connectivity index (χ3n) is 6.55. The first-order valence-electron chi connectivity index (χ1n) is 12.6. The number of likely N-dealkylation sites (N-methyl/N-ethyl adjacent to an activating group) is 1. The van der Waals surface area contributed by atoms with Gasteiger partial charge in [0.15, 0.2) is 6.61 Å². The Balaban J connectivity index is 1.58. The van der Waals surface area contributed by atoms with Crippen LogP contribution in [0.2, 0.25) is 0 Å². The number of fused-ring (bicyclic) bond motifs is 1. The largest absolute Gasteiger partial charge is 0.480 e. The van der Waals surface area contributed by atoms with Crippen molar-refractivity contribution in [3.05, 3.63) is 36.3 Å². The predicted molar refractivity (Wildman–Crippen MR) is 142 cm³/mol. The van der Waals surface area contributed by atoms with E-state index in [1.165, 1.54) is 25.6 Å². The number of piperazine rings is 1. The summed E-state index contributed by atoms with van der Waals surface area (Å²) in [7, 11) is 4.24. The summed E-state index contributed by atoms with van der Waals surface area (Å²) in [6.07, 6.45) is 7.14. The molecule has 3 heterocycles. The van der Waals surface area contributed by atoms with Crippen molar-refractivity contribution >= 4 is 34.2 Å². The molecule has 0 amide bonds. The van der Waals surface area contributed by atoms with Crippen LogP contribution in [0.3, 0.4) is 0 Å². The van der Waals surface area contributed by atoms with E-state index < -0.39 is 12.6 Å². The van der Waals surface area contributed by atoms with E-state index in [1.807, 2.05) is 24.4 Å². The highest BCUT2D eigenvalue weighted by Gasteiger charge is 2.20. The van der Waals surface area contributed by atoms with Crippen LogP contribution >= 0.6 is 0 Å². The number of nitrogens with zero attached hydrogens (tertiary/aromatic N) is 5. The Kier molecular flexibility index (Phi) is 8.61. The summed E-state index contributed by atoms with van der Waals surface area (Å²) in [5.41, 5.74) is 3.58. The molecule has 0 saturated carbocycles. The number of hydrogen-bond donors (Lipinski definition) is 3. The molecule has 0 radical (unpaired) electrons. The van der Waals surface area contributed by atoms with Gasteiger partial charge in [-0.3, -0.25) is 0 Å². The molecular weight excluding hydrogens is 458 g/mol. The fourth-order valence-corrected chi connectivity index (χ4v) is 4.54. The number of aromatic nitrogens is 3. The highest BCUT2D eigenvalue weighted by Crippen LogP contribution is 2.34. The van der Waals surface area contributed by atoms with Gasteiger partial charge in [0.25, 0.3) is 0 Å². The molecular formula is C26H37N7O3. The highest BCUT2D eigenvalue weighted by molar-refractivity contribution is 5.92. The zero-order chi connectivity index (χ0) is 25.5. The van der Waals surface area contributed by atoms with Crippen molar-refractivity contribution < 1.29 is 14.6 Å².